The first-order chi connectivity index (χ1) is 21.1. The molecule has 1 aromatic heterocycles. The molecule has 5 rings (SSSR count). The third kappa shape index (κ3) is 6.77. The Morgan fingerprint density at radius 2 is 1.80 bits per heavy atom. The molecule has 0 saturated carbocycles. The van der Waals surface area contributed by atoms with Crippen LogP contribution >= 0.6 is 0 Å². The van der Waals surface area contributed by atoms with E-state index < -0.39 is 26.5 Å². The van der Waals surface area contributed by atoms with Crippen LogP contribution in [0.5, 0.6) is 5.75 Å². The molecule has 4 aromatic rings. The van der Waals surface area contributed by atoms with Gasteiger partial charge in [-0.2, -0.15) is 0 Å². The highest BCUT2D eigenvalue weighted by atomic mass is 32.2. The number of carbonyl (C=O) groups is 2. The summed E-state index contributed by atoms with van der Waals surface area (Å²) in [6, 6.07) is 14.0. The number of aromatic amines is 1. The number of fused-ring (bicyclic) bond motifs is 2. The topological polar surface area (TPSA) is 121 Å². The van der Waals surface area contributed by atoms with E-state index in [1.54, 1.807) is 4.90 Å². The molecule has 1 aliphatic rings. The van der Waals surface area contributed by atoms with Crippen molar-refractivity contribution in [3.63, 3.8) is 0 Å². The average molecular weight is 621 g/mol. The lowest BCUT2D eigenvalue weighted by Crippen LogP contribution is -2.33. The van der Waals surface area contributed by atoms with Crippen molar-refractivity contribution >= 4 is 32.7 Å². The molecular weight excluding hydrogens is 583 g/mol. The van der Waals surface area contributed by atoms with Gasteiger partial charge in [0.05, 0.1) is 17.6 Å². The van der Waals surface area contributed by atoms with E-state index >= 15 is 0 Å². The minimum absolute atomic E-state index is 0.00931. The number of hydrogen-bond donors (Lipinski definition) is 2. The summed E-state index contributed by atoms with van der Waals surface area (Å²) in [6.07, 6.45) is 6.52. The van der Waals surface area contributed by atoms with Crippen molar-refractivity contribution < 1.29 is 27.1 Å². The minimum atomic E-state index is -3.77. The van der Waals surface area contributed by atoms with Gasteiger partial charge in [0, 0.05) is 30.5 Å². The fraction of sp³-hybridized carbons (Fsp3) is 0.364. The summed E-state index contributed by atoms with van der Waals surface area (Å²) in [7, 11) is -3.77. The third-order valence-corrected chi connectivity index (χ3v) is 9.02. The lowest BCUT2D eigenvalue weighted by atomic mass is 10.0. The fourth-order valence-corrected chi connectivity index (χ4v) is 6.20. The van der Waals surface area contributed by atoms with Crippen molar-refractivity contribution in [1.29, 1.82) is 0 Å². The highest BCUT2D eigenvalue weighted by molar-refractivity contribution is 7.90. The van der Waals surface area contributed by atoms with Crippen molar-refractivity contribution in [1.82, 2.24) is 20.2 Å². The molecule has 2 heterocycles. The molecule has 0 fully saturated rings. The molecule has 232 valence electrons. The van der Waals surface area contributed by atoms with E-state index in [2.05, 4.69) is 22.2 Å². The van der Waals surface area contributed by atoms with Crippen LogP contribution in [0.1, 0.15) is 71.1 Å². The smallest absolute Gasteiger partial charge is 0.287 e. The zero-order valence-electron chi connectivity index (χ0n) is 25.2. The van der Waals surface area contributed by atoms with Crippen molar-refractivity contribution in [3.8, 4) is 16.9 Å². The third-order valence-electron chi connectivity index (χ3n) is 7.90. The Hall–Kier alpha value is -4.25. The van der Waals surface area contributed by atoms with Gasteiger partial charge in [-0.25, -0.2) is 17.8 Å². The monoisotopic (exact) mass is 620 g/mol. The molecule has 0 bridgehead atoms. The predicted molar refractivity (Wildman–Crippen MR) is 167 cm³/mol. The molecule has 9 nitrogen and oxygen atoms in total. The van der Waals surface area contributed by atoms with Crippen LogP contribution in [0, 0.1) is 12.7 Å². The lowest BCUT2D eigenvalue weighted by molar-refractivity contribution is 0.0731. The van der Waals surface area contributed by atoms with E-state index in [0.717, 1.165) is 47.4 Å². The van der Waals surface area contributed by atoms with Gasteiger partial charge in [0.2, 0.25) is 0 Å². The number of aromatic nitrogens is 2. The summed E-state index contributed by atoms with van der Waals surface area (Å²) >= 11 is 0. The number of ether oxygens (including phenoxy) is 1. The zero-order chi connectivity index (χ0) is 31.4. The number of carbonyl (C=O) groups excluding carboxylic acids is 2. The van der Waals surface area contributed by atoms with Gasteiger partial charge in [-0.1, -0.05) is 44.7 Å². The van der Waals surface area contributed by atoms with E-state index in [4.69, 9.17) is 4.74 Å². The van der Waals surface area contributed by atoms with Crippen molar-refractivity contribution in [2.24, 2.45) is 0 Å². The number of benzene rings is 3. The number of nitrogens with one attached hydrogen (secondary N) is 2. The van der Waals surface area contributed by atoms with Gasteiger partial charge in [-0.05, 0) is 66.4 Å². The van der Waals surface area contributed by atoms with Gasteiger partial charge < -0.3 is 19.9 Å². The maximum Gasteiger partial charge on any atom is 0.287 e. The van der Waals surface area contributed by atoms with E-state index in [-0.39, 0.29) is 42.6 Å². The van der Waals surface area contributed by atoms with Gasteiger partial charge >= 0.3 is 0 Å². The van der Waals surface area contributed by atoms with Crippen LogP contribution in [0.25, 0.3) is 22.2 Å². The maximum atomic E-state index is 14.9. The molecule has 0 unspecified atom stereocenters. The molecule has 2 amide bonds. The minimum Gasteiger partial charge on any atom is -0.491 e. The van der Waals surface area contributed by atoms with Crippen molar-refractivity contribution in [2.45, 2.75) is 57.4 Å². The maximum absolute atomic E-state index is 14.9. The molecule has 0 spiro atoms. The van der Waals surface area contributed by atoms with E-state index in [1.807, 2.05) is 36.4 Å². The Balaban J connectivity index is 1.33. The summed E-state index contributed by atoms with van der Waals surface area (Å²) in [6.45, 7) is 4.96. The largest absolute Gasteiger partial charge is 0.491 e. The molecule has 1 aliphatic heterocycles. The highest BCUT2D eigenvalue weighted by Crippen LogP contribution is 2.32. The van der Waals surface area contributed by atoms with Crippen LogP contribution in [0.3, 0.4) is 0 Å². The molecule has 0 atom stereocenters. The molecule has 0 saturated heterocycles. The second-order valence-electron chi connectivity index (χ2n) is 11.2. The van der Waals surface area contributed by atoms with Crippen LogP contribution in [-0.4, -0.2) is 61.1 Å². The first-order valence-electron chi connectivity index (χ1n) is 14.9. The summed E-state index contributed by atoms with van der Waals surface area (Å²) in [5.74, 6) is -0.633. The van der Waals surface area contributed by atoms with Gasteiger partial charge in [0.25, 0.3) is 11.8 Å². The van der Waals surface area contributed by atoms with Gasteiger partial charge in [0.15, 0.2) is 15.7 Å². The van der Waals surface area contributed by atoms with E-state index in [1.165, 1.54) is 32.3 Å². The summed E-state index contributed by atoms with van der Waals surface area (Å²) in [5.41, 5.74) is 4.07. The number of halogens is 1. The molecule has 11 heteroatoms. The Labute approximate surface area is 256 Å². The van der Waals surface area contributed by atoms with Crippen molar-refractivity contribution in [2.75, 3.05) is 26.0 Å². The quantitative estimate of drug-likeness (QED) is 0.216. The van der Waals surface area contributed by atoms with Crippen LogP contribution < -0.4 is 10.1 Å². The van der Waals surface area contributed by atoms with Gasteiger partial charge in [0.1, 0.15) is 23.1 Å². The van der Waals surface area contributed by atoms with Crippen LogP contribution in [0.2, 0.25) is 0 Å². The molecule has 44 heavy (non-hydrogen) atoms. The fourth-order valence-electron chi connectivity index (χ4n) is 5.41. The molecule has 3 aromatic carbocycles. The second-order valence-corrected chi connectivity index (χ2v) is 13.2. The molecular formula is C33H37FN4O5S. The SMILES string of the molecule is CCCCCCCNC(=O)c1nc2ccc(-c3ccc4c(c3)CN(C(=O)c3ccc(S(C)(=O)=O)c(F)c3C)CCO4)cc2[nH]1. The Morgan fingerprint density at radius 1 is 1.05 bits per heavy atom. The van der Waals surface area contributed by atoms with Crippen LogP contribution in [0.15, 0.2) is 53.4 Å². The van der Waals surface area contributed by atoms with Crippen LogP contribution in [0.4, 0.5) is 4.39 Å². The number of hydrogen-bond acceptors (Lipinski definition) is 6. The van der Waals surface area contributed by atoms with E-state index in [0.29, 0.717) is 17.8 Å². The first kappa shape index (κ1) is 31.2. The normalized spacial score (nSPS) is 13.3. The van der Waals surface area contributed by atoms with Gasteiger partial charge in [-0.3, -0.25) is 9.59 Å². The first-order valence-corrected chi connectivity index (χ1v) is 16.8. The number of H-pyrrole nitrogens is 1. The molecule has 0 radical (unpaired) electrons. The number of amides is 2. The number of nitrogens with zero attached hydrogens (tertiary/aromatic N) is 2. The van der Waals surface area contributed by atoms with Crippen molar-refractivity contribution in [3.05, 3.63) is 76.9 Å². The summed E-state index contributed by atoms with van der Waals surface area (Å²) in [5, 5.41) is 2.94. The Morgan fingerprint density at radius 3 is 2.57 bits per heavy atom. The highest BCUT2D eigenvalue weighted by Gasteiger charge is 2.26. The molecule has 0 aliphatic carbocycles. The lowest BCUT2D eigenvalue weighted by Gasteiger charge is -2.21. The molecule has 2 N–H and O–H groups in total. The average Bonchev–Trinajstić information content (AvgIpc) is 3.31. The van der Waals surface area contributed by atoms with Gasteiger partial charge in [-0.15, -0.1) is 0 Å². The van der Waals surface area contributed by atoms with Crippen LogP contribution in [-0.2, 0) is 16.4 Å². The summed E-state index contributed by atoms with van der Waals surface area (Å²) in [4.78, 5) is 34.9. The number of sulfone groups is 1. The number of rotatable bonds is 10. The Kier molecular flexibility index (Phi) is 9.33. The van der Waals surface area contributed by atoms with E-state index in [9.17, 15) is 22.4 Å². The zero-order valence-corrected chi connectivity index (χ0v) is 26.0. The predicted octanol–water partition coefficient (Wildman–Crippen LogP) is 5.82. The second kappa shape index (κ2) is 13.2. The number of imidazole rings is 1. The standard InChI is InChI=1S/C33H37FN4O5S/c1-4-5-6-7-8-15-35-32(39)31-36-26-12-9-23(19-27(26)37-31)22-10-13-28-24(18-22)20-38(16-17-43-28)33(40)25-11-14-29(44(3,41)42)30(34)21(25)2/h9-14,18-19H,4-8,15-17,20H2,1-3H3,(H,35,39)(H,36,37). The number of unbranched alkanes of at least 4 members (excludes halogenated alkanes) is 4. The summed E-state index contributed by atoms with van der Waals surface area (Å²) < 4.78 is 44.7. The Bertz CT molecular complexity index is 1820.